The normalized spacial score (nSPS) is 20.3. The van der Waals surface area contributed by atoms with E-state index in [-0.39, 0.29) is 53.6 Å². The van der Waals surface area contributed by atoms with Crippen molar-refractivity contribution in [2.24, 2.45) is 5.92 Å². The Balaban J connectivity index is 1.64. The first-order valence-electron chi connectivity index (χ1n) is 16.4. The molecule has 3 heterocycles. The van der Waals surface area contributed by atoms with Crippen molar-refractivity contribution >= 4 is 33.3 Å². The van der Waals surface area contributed by atoms with Gasteiger partial charge in [0, 0.05) is 38.3 Å². The number of nitrogens with one attached hydrogen (secondary N) is 2. The fourth-order valence-electron chi connectivity index (χ4n) is 5.75. The monoisotopic (exact) mass is 704 g/mol. The molecule has 4 atom stereocenters. The van der Waals surface area contributed by atoms with Crippen molar-refractivity contribution in [2.45, 2.75) is 90.9 Å². The SMILES string of the molecule is Cc1noc(C)c1NC(=O)Nc1ccc2c(c1)C(=O)N([C@H](C)CO)C[C@@H](C)[C@H](CN(C)S(=O)(=O)c1c(C)noc1C)OCCCC[C@@H](C)O2. The minimum absolute atomic E-state index is 0.00745. The summed E-state index contributed by atoms with van der Waals surface area (Å²) >= 11 is 0. The molecule has 16 heteroatoms. The summed E-state index contributed by atoms with van der Waals surface area (Å²) in [5.74, 6) is 0.188. The standard InChI is InChI=1S/C33H48N6O9S/c1-19-16-39(20(2)18-40)32(41)27-15-26(34-33(42)35-30-22(4)36-47-24(30)6)12-13-28(27)46-21(3)11-9-10-14-45-29(19)17-38(8)49(43,44)31-23(5)37-48-25(31)7/h12-13,15,19-21,29,40H,9-11,14,16-18H2,1-8H3,(H2,34,35,42)/t19-,20-,21-,29+/m1/s1. The molecule has 4 rings (SSSR count). The van der Waals surface area contributed by atoms with Gasteiger partial charge in [-0.25, -0.2) is 13.2 Å². The van der Waals surface area contributed by atoms with Gasteiger partial charge in [-0.1, -0.05) is 17.2 Å². The number of aliphatic hydroxyl groups is 1. The Labute approximate surface area is 287 Å². The summed E-state index contributed by atoms with van der Waals surface area (Å²) in [5, 5.41) is 23.4. The summed E-state index contributed by atoms with van der Waals surface area (Å²) in [6.45, 7) is 12.2. The van der Waals surface area contributed by atoms with Gasteiger partial charge < -0.3 is 39.2 Å². The lowest BCUT2D eigenvalue weighted by Gasteiger charge is -2.35. The van der Waals surface area contributed by atoms with Gasteiger partial charge in [0.05, 0.1) is 30.4 Å². The zero-order valence-electron chi connectivity index (χ0n) is 29.4. The van der Waals surface area contributed by atoms with Crippen LogP contribution in [-0.2, 0) is 14.8 Å². The average Bonchev–Trinajstić information content (AvgIpc) is 3.56. The fourth-order valence-corrected chi connectivity index (χ4v) is 7.22. The molecule has 1 aliphatic heterocycles. The lowest BCUT2D eigenvalue weighted by atomic mass is 10.0. The number of carbonyl (C=O) groups is 2. The third kappa shape index (κ3) is 8.98. The van der Waals surface area contributed by atoms with Gasteiger partial charge in [-0.15, -0.1) is 0 Å². The van der Waals surface area contributed by atoms with E-state index >= 15 is 0 Å². The van der Waals surface area contributed by atoms with E-state index in [4.69, 9.17) is 18.5 Å². The predicted octanol–water partition coefficient (Wildman–Crippen LogP) is 4.66. The number of aryl methyl sites for hydroxylation is 4. The molecule has 0 bridgehead atoms. The van der Waals surface area contributed by atoms with Crippen molar-refractivity contribution < 1.29 is 41.6 Å². The Hall–Kier alpha value is -3.99. The van der Waals surface area contributed by atoms with Gasteiger partial charge in [-0.2, -0.15) is 4.31 Å². The maximum absolute atomic E-state index is 14.4. The van der Waals surface area contributed by atoms with Gasteiger partial charge in [0.1, 0.15) is 27.7 Å². The molecule has 0 fully saturated rings. The number of ether oxygens (including phenoxy) is 2. The van der Waals surface area contributed by atoms with Crippen LogP contribution < -0.4 is 15.4 Å². The molecule has 1 aromatic carbocycles. The number of sulfonamides is 1. The van der Waals surface area contributed by atoms with E-state index in [0.717, 1.165) is 6.42 Å². The molecule has 1 aliphatic rings. The van der Waals surface area contributed by atoms with E-state index in [0.29, 0.717) is 48.0 Å². The highest BCUT2D eigenvalue weighted by molar-refractivity contribution is 7.89. The number of amides is 3. The van der Waals surface area contributed by atoms with Crippen LogP contribution in [0.3, 0.4) is 0 Å². The largest absolute Gasteiger partial charge is 0.490 e. The maximum Gasteiger partial charge on any atom is 0.323 e. The molecule has 0 spiro atoms. The lowest BCUT2D eigenvalue weighted by Crippen LogP contribution is -2.48. The number of fused-ring (bicyclic) bond motifs is 1. The van der Waals surface area contributed by atoms with Crippen LogP contribution in [0.25, 0.3) is 0 Å². The first-order chi connectivity index (χ1) is 23.1. The van der Waals surface area contributed by atoms with Crippen LogP contribution in [0.1, 0.15) is 73.3 Å². The van der Waals surface area contributed by atoms with Crippen LogP contribution in [0.5, 0.6) is 5.75 Å². The van der Waals surface area contributed by atoms with E-state index in [1.54, 1.807) is 52.8 Å². The highest BCUT2D eigenvalue weighted by Gasteiger charge is 2.34. The number of anilines is 2. The Morgan fingerprint density at radius 3 is 2.41 bits per heavy atom. The van der Waals surface area contributed by atoms with Crippen LogP contribution in [0.2, 0.25) is 0 Å². The Kier molecular flexibility index (Phi) is 12.5. The second-order valence-corrected chi connectivity index (χ2v) is 14.7. The molecule has 0 radical (unpaired) electrons. The molecule has 49 heavy (non-hydrogen) atoms. The number of nitrogens with zero attached hydrogens (tertiary/aromatic N) is 4. The number of hydrogen-bond donors (Lipinski definition) is 3. The van der Waals surface area contributed by atoms with Crippen LogP contribution in [0.4, 0.5) is 16.2 Å². The smallest absolute Gasteiger partial charge is 0.323 e. The van der Waals surface area contributed by atoms with Crippen molar-refractivity contribution in [3.8, 4) is 5.75 Å². The first kappa shape index (κ1) is 37.8. The molecule has 3 aromatic rings. The topological polar surface area (TPSA) is 190 Å². The van der Waals surface area contributed by atoms with Gasteiger partial charge in [0.2, 0.25) is 10.0 Å². The van der Waals surface area contributed by atoms with Crippen molar-refractivity contribution in [3.05, 3.63) is 46.7 Å². The fraction of sp³-hybridized carbons (Fsp3) is 0.576. The van der Waals surface area contributed by atoms with Gasteiger partial charge in [0.15, 0.2) is 11.5 Å². The van der Waals surface area contributed by atoms with Gasteiger partial charge in [-0.05, 0) is 79.0 Å². The van der Waals surface area contributed by atoms with Crippen molar-refractivity contribution in [1.29, 1.82) is 0 Å². The Morgan fingerprint density at radius 1 is 1.08 bits per heavy atom. The second kappa shape index (κ2) is 16.1. The average molecular weight is 705 g/mol. The molecule has 270 valence electrons. The highest BCUT2D eigenvalue weighted by atomic mass is 32.2. The predicted molar refractivity (Wildman–Crippen MR) is 181 cm³/mol. The zero-order chi connectivity index (χ0) is 36.0. The third-order valence-corrected chi connectivity index (χ3v) is 10.7. The number of aromatic nitrogens is 2. The van der Waals surface area contributed by atoms with Crippen LogP contribution >= 0.6 is 0 Å². The number of likely N-dealkylation sites (N-methyl/N-ethyl adjacent to an activating group) is 1. The summed E-state index contributed by atoms with van der Waals surface area (Å²) in [4.78, 5) is 28.8. The van der Waals surface area contributed by atoms with Crippen molar-refractivity contribution in [2.75, 3.05) is 44.0 Å². The molecule has 15 nitrogen and oxygen atoms in total. The summed E-state index contributed by atoms with van der Waals surface area (Å²) in [6, 6.07) is 3.67. The molecule has 3 amide bonds. The van der Waals surface area contributed by atoms with Gasteiger partial charge >= 0.3 is 6.03 Å². The number of urea groups is 1. The second-order valence-electron chi connectivity index (χ2n) is 12.7. The summed E-state index contributed by atoms with van der Waals surface area (Å²) in [5.41, 5.74) is 1.77. The minimum Gasteiger partial charge on any atom is -0.490 e. The highest BCUT2D eigenvalue weighted by Crippen LogP contribution is 2.30. The van der Waals surface area contributed by atoms with E-state index in [9.17, 15) is 23.1 Å². The number of carbonyl (C=O) groups excluding carboxylic acids is 2. The molecule has 3 N–H and O–H groups in total. The molecule has 2 aromatic heterocycles. The van der Waals surface area contributed by atoms with Gasteiger partial charge in [-0.3, -0.25) is 4.79 Å². The summed E-state index contributed by atoms with van der Waals surface area (Å²) in [6.07, 6.45) is 1.31. The molecular weight excluding hydrogens is 656 g/mol. The van der Waals surface area contributed by atoms with E-state index in [2.05, 4.69) is 20.9 Å². The summed E-state index contributed by atoms with van der Waals surface area (Å²) < 4.78 is 51.2. The summed E-state index contributed by atoms with van der Waals surface area (Å²) in [7, 11) is -2.48. The molecule has 0 saturated heterocycles. The zero-order valence-corrected chi connectivity index (χ0v) is 30.2. The van der Waals surface area contributed by atoms with Crippen LogP contribution in [0.15, 0.2) is 32.1 Å². The third-order valence-electron chi connectivity index (χ3n) is 8.65. The van der Waals surface area contributed by atoms with Crippen molar-refractivity contribution in [1.82, 2.24) is 19.5 Å². The number of hydrogen-bond acceptors (Lipinski definition) is 11. The number of rotatable bonds is 8. The lowest BCUT2D eigenvalue weighted by molar-refractivity contribution is -0.00835. The van der Waals surface area contributed by atoms with E-state index < -0.39 is 34.1 Å². The molecular formula is C33H48N6O9S. The molecule has 0 aliphatic carbocycles. The molecule has 0 saturated carbocycles. The number of benzene rings is 1. The van der Waals surface area contributed by atoms with Gasteiger partial charge in [0.25, 0.3) is 5.91 Å². The van der Waals surface area contributed by atoms with E-state index in [1.165, 1.54) is 16.3 Å². The van der Waals surface area contributed by atoms with Crippen molar-refractivity contribution in [3.63, 3.8) is 0 Å². The quantitative estimate of drug-likeness (QED) is 0.296. The minimum atomic E-state index is -3.96. The maximum atomic E-state index is 14.4. The van der Waals surface area contributed by atoms with Crippen LogP contribution in [0, 0.1) is 33.6 Å². The molecule has 0 unspecified atom stereocenters. The Bertz CT molecular complexity index is 1680. The Morgan fingerprint density at radius 2 is 1.78 bits per heavy atom. The van der Waals surface area contributed by atoms with E-state index in [1.807, 2.05) is 13.8 Å². The van der Waals surface area contributed by atoms with Crippen LogP contribution in [-0.4, -0.2) is 96.6 Å². The number of aliphatic hydroxyl groups excluding tert-OH is 1. The first-order valence-corrected chi connectivity index (χ1v) is 17.8.